The minimum absolute atomic E-state index is 0.0528. The number of rotatable bonds is 5. The van der Waals surface area contributed by atoms with Crippen LogP contribution in [0.3, 0.4) is 0 Å². The van der Waals surface area contributed by atoms with Crippen molar-refractivity contribution in [2.45, 2.75) is 39.7 Å². The summed E-state index contributed by atoms with van der Waals surface area (Å²) >= 11 is 0. The van der Waals surface area contributed by atoms with Crippen LogP contribution in [0.4, 0.5) is 11.6 Å². The van der Waals surface area contributed by atoms with E-state index in [0.717, 1.165) is 36.6 Å². The van der Waals surface area contributed by atoms with E-state index in [1.54, 1.807) is 6.33 Å². The number of nitrogens with zero attached hydrogens (tertiary/aromatic N) is 3. The van der Waals surface area contributed by atoms with Gasteiger partial charge in [-0.1, -0.05) is 13.8 Å². The average molecular weight is 312 g/mol. The van der Waals surface area contributed by atoms with Crippen LogP contribution in [0.2, 0.25) is 0 Å². The van der Waals surface area contributed by atoms with E-state index in [0.29, 0.717) is 6.54 Å². The molecular weight excluding hydrogens is 288 g/mol. The summed E-state index contributed by atoms with van der Waals surface area (Å²) in [5.41, 5.74) is 1.07. The van der Waals surface area contributed by atoms with Gasteiger partial charge >= 0.3 is 0 Å². The Hall–Kier alpha value is -1.37. The second-order valence-electron chi connectivity index (χ2n) is 5.46. The highest BCUT2D eigenvalue weighted by molar-refractivity contribution is 7.91. The fraction of sp³-hybridized carbons (Fsp3) is 0.714. The van der Waals surface area contributed by atoms with Gasteiger partial charge in [-0.15, -0.1) is 0 Å². The molecule has 1 saturated heterocycles. The van der Waals surface area contributed by atoms with Gasteiger partial charge in [0.15, 0.2) is 9.84 Å². The maximum absolute atomic E-state index is 11.7. The predicted molar refractivity (Wildman–Crippen MR) is 85.7 cm³/mol. The van der Waals surface area contributed by atoms with E-state index < -0.39 is 9.84 Å². The van der Waals surface area contributed by atoms with Gasteiger partial charge in [-0.3, -0.25) is 0 Å². The molecule has 1 aromatic rings. The van der Waals surface area contributed by atoms with Crippen molar-refractivity contribution >= 4 is 21.5 Å². The molecule has 0 spiro atoms. The summed E-state index contributed by atoms with van der Waals surface area (Å²) < 4.78 is 23.5. The Labute approximate surface area is 126 Å². The van der Waals surface area contributed by atoms with Crippen LogP contribution in [0.25, 0.3) is 0 Å². The van der Waals surface area contributed by atoms with Gasteiger partial charge in [-0.2, -0.15) is 0 Å². The van der Waals surface area contributed by atoms with Gasteiger partial charge in [0.25, 0.3) is 0 Å². The molecule has 2 rings (SSSR count). The monoisotopic (exact) mass is 312 g/mol. The summed E-state index contributed by atoms with van der Waals surface area (Å²) in [6, 6.07) is -0.0528. The van der Waals surface area contributed by atoms with E-state index in [4.69, 9.17) is 0 Å². The molecule has 1 unspecified atom stereocenters. The lowest BCUT2D eigenvalue weighted by atomic mass is 10.1. The minimum atomic E-state index is -2.92. The molecule has 1 aliphatic heterocycles. The second-order valence-corrected chi connectivity index (χ2v) is 7.69. The molecule has 7 heteroatoms. The summed E-state index contributed by atoms with van der Waals surface area (Å²) in [6.45, 7) is 7.49. The quantitative estimate of drug-likeness (QED) is 0.888. The lowest BCUT2D eigenvalue weighted by molar-refractivity contribution is 0.566. The van der Waals surface area contributed by atoms with Crippen LogP contribution in [-0.2, 0) is 16.3 Å². The van der Waals surface area contributed by atoms with E-state index >= 15 is 0 Å². The normalized spacial score (nSPS) is 21.3. The molecule has 118 valence electrons. The fourth-order valence-corrected chi connectivity index (χ4v) is 4.24. The van der Waals surface area contributed by atoms with Crippen molar-refractivity contribution in [1.82, 2.24) is 9.97 Å². The van der Waals surface area contributed by atoms with Crippen LogP contribution < -0.4 is 10.2 Å². The van der Waals surface area contributed by atoms with Gasteiger partial charge < -0.3 is 10.2 Å². The number of nitrogens with one attached hydrogen (secondary N) is 1. The molecule has 1 atom stereocenters. The summed E-state index contributed by atoms with van der Waals surface area (Å²) in [5.74, 6) is 2.12. The molecule has 0 amide bonds. The SMILES string of the molecule is CCCNc1ncnc(N2CCS(=O)(=O)CC2C)c1CC. The van der Waals surface area contributed by atoms with Crippen LogP contribution in [0.1, 0.15) is 32.8 Å². The Morgan fingerprint density at radius 2 is 2.14 bits per heavy atom. The highest BCUT2D eigenvalue weighted by Crippen LogP contribution is 2.27. The molecule has 21 heavy (non-hydrogen) atoms. The van der Waals surface area contributed by atoms with E-state index in [-0.39, 0.29) is 17.5 Å². The molecule has 2 heterocycles. The van der Waals surface area contributed by atoms with E-state index in [1.165, 1.54) is 0 Å². The van der Waals surface area contributed by atoms with E-state index in [9.17, 15) is 8.42 Å². The van der Waals surface area contributed by atoms with Crippen LogP contribution >= 0.6 is 0 Å². The van der Waals surface area contributed by atoms with Gasteiger partial charge in [-0.05, 0) is 19.8 Å². The van der Waals surface area contributed by atoms with Gasteiger partial charge in [0, 0.05) is 24.7 Å². The lowest BCUT2D eigenvalue weighted by Crippen LogP contribution is -2.47. The van der Waals surface area contributed by atoms with Gasteiger partial charge in [0.2, 0.25) is 0 Å². The third-order valence-corrected chi connectivity index (χ3v) is 5.56. The molecule has 0 radical (unpaired) electrons. The standard InChI is InChI=1S/C14H24N4O2S/c1-4-6-15-13-12(5-2)14(17-10-16-13)18-7-8-21(19,20)9-11(18)3/h10-11H,4-9H2,1-3H3,(H,15,16,17). The molecule has 1 fully saturated rings. The highest BCUT2D eigenvalue weighted by Gasteiger charge is 2.30. The van der Waals surface area contributed by atoms with Crippen molar-refractivity contribution < 1.29 is 8.42 Å². The van der Waals surface area contributed by atoms with Gasteiger partial charge in [0.1, 0.15) is 18.0 Å². The Bertz CT molecular complexity index is 589. The van der Waals surface area contributed by atoms with Crippen LogP contribution in [0.15, 0.2) is 6.33 Å². The second kappa shape index (κ2) is 6.60. The zero-order valence-electron chi connectivity index (χ0n) is 13.0. The fourth-order valence-electron chi connectivity index (χ4n) is 2.69. The third-order valence-electron chi connectivity index (χ3n) is 3.76. The summed E-state index contributed by atoms with van der Waals surface area (Å²) in [5, 5.41) is 3.33. The predicted octanol–water partition coefficient (Wildman–Crippen LogP) is 1.48. The first-order chi connectivity index (χ1) is 9.98. The van der Waals surface area contributed by atoms with Crippen LogP contribution in [0.5, 0.6) is 0 Å². The van der Waals surface area contributed by atoms with Crippen LogP contribution in [-0.4, -0.2) is 49.0 Å². The van der Waals surface area contributed by atoms with Crippen molar-refractivity contribution in [2.75, 3.05) is 34.8 Å². The molecule has 1 N–H and O–H groups in total. The first kappa shape index (κ1) is 16.0. The molecule has 0 aliphatic carbocycles. The van der Waals surface area contributed by atoms with Crippen LogP contribution in [0, 0.1) is 0 Å². The maximum atomic E-state index is 11.7. The molecule has 1 aliphatic rings. The van der Waals surface area contributed by atoms with Crippen molar-refractivity contribution in [2.24, 2.45) is 0 Å². The smallest absolute Gasteiger partial charge is 0.154 e. The summed E-state index contributed by atoms with van der Waals surface area (Å²) in [4.78, 5) is 10.8. The Morgan fingerprint density at radius 1 is 1.38 bits per heavy atom. The first-order valence-electron chi connectivity index (χ1n) is 7.53. The van der Waals surface area contributed by atoms with E-state index in [1.807, 2.05) is 6.92 Å². The van der Waals surface area contributed by atoms with Gasteiger partial charge in [0.05, 0.1) is 11.5 Å². The van der Waals surface area contributed by atoms with Crippen molar-refractivity contribution in [3.8, 4) is 0 Å². The Morgan fingerprint density at radius 3 is 2.76 bits per heavy atom. The zero-order chi connectivity index (χ0) is 15.5. The largest absolute Gasteiger partial charge is 0.370 e. The number of anilines is 2. The molecule has 1 aromatic heterocycles. The first-order valence-corrected chi connectivity index (χ1v) is 9.35. The lowest BCUT2D eigenvalue weighted by Gasteiger charge is -2.35. The number of aromatic nitrogens is 2. The van der Waals surface area contributed by atoms with E-state index in [2.05, 4.69) is 34.0 Å². The highest BCUT2D eigenvalue weighted by atomic mass is 32.2. The number of sulfone groups is 1. The van der Waals surface area contributed by atoms with Gasteiger partial charge in [-0.25, -0.2) is 18.4 Å². The van der Waals surface area contributed by atoms with Crippen molar-refractivity contribution in [3.05, 3.63) is 11.9 Å². The molecule has 0 saturated carbocycles. The number of hydrogen-bond acceptors (Lipinski definition) is 6. The molecule has 0 bridgehead atoms. The third kappa shape index (κ3) is 3.64. The van der Waals surface area contributed by atoms with Crippen molar-refractivity contribution in [3.63, 3.8) is 0 Å². The summed E-state index contributed by atoms with van der Waals surface area (Å²) in [6.07, 6.45) is 3.40. The number of hydrogen-bond donors (Lipinski definition) is 1. The Balaban J connectivity index is 2.31. The Kier molecular flexibility index (Phi) is 5.03. The average Bonchev–Trinajstić information content (AvgIpc) is 2.43. The zero-order valence-corrected chi connectivity index (χ0v) is 13.8. The molecule has 0 aromatic carbocycles. The minimum Gasteiger partial charge on any atom is -0.370 e. The maximum Gasteiger partial charge on any atom is 0.154 e. The topological polar surface area (TPSA) is 75.2 Å². The molecule has 6 nitrogen and oxygen atoms in total. The molecular formula is C14H24N4O2S. The van der Waals surface area contributed by atoms with Crippen molar-refractivity contribution in [1.29, 1.82) is 0 Å². The summed E-state index contributed by atoms with van der Waals surface area (Å²) in [7, 11) is -2.92.